The molecule has 0 spiro atoms. The number of rotatable bonds is 20. The highest BCUT2D eigenvalue weighted by Crippen LogP contribution is 2.35. The molecule has 2 aliphatic rings. The Bertz CT molecular complexity index is 1460. The Hall–Kier alpha value is -3.88. The third kappa shape index (κ3) is 9.80. The average molecular weight is 617 g/mol. The number of benzene rings is 3. The summed E-state index contributed by atoms with van der Waals surface area (Å²) in [6.07, 6.45) is 11.9. The van der Waals surface area contributed by atoms with Crippen molar-refractivity contribution in [2.24, 2.45) is 0 Å². The van der Waals surface area contributed by atoms with Gasteiger partial charge in [-0.05, 0) is 91.3 Å². The van der Waals surface area contributed by atoms with Gasteiger partial charge in [-0.15, -0.1) is 0 Å². The summed E-state index contributed by atoms with van der Waals surface area (Å²) in [6, 6.07) is 15.7. The van der Waals surface area contributed by atoms with Gasteiger partial charge in [0.1, 0.15) is 11.5 Å². The van der Waals surface area contributed by atoms with E-state index in [1.165, 1.54) is 12.8 Å². The minimum atomic E-state index is -1.02. The fourth-order valence-corrected chi connectivity index (χ4v) is 5.70. The lowest BCUT2D eigenvalue weighted by atomic mass is 9.91. The number of ether oxygens (including phenoxy) is 4. The number of carboxylic acids is 2. The molecule has 3 aromatic rings. The van der Waals surface area contributed by atoms with Gasteiger partial charge in [-0.3, -0.25) is 0 Å². The normalized spacial score (nSPS) is 16.7. The highest BCUT2D eigenvalue weighted by atomic mass is 16.6. The van der Waals surface area contributed by atoms with Crippen molar-refractivity contribution in [1.29, 1.82) is 0 Å². The van der Waals surface area contributed by atoms with E-state index in [0.29, 0.717) is 48.0 Å². The van der Waals surface area contributed by atoms with Crippen molar-refractivity contribution in [3.05, 3.63) is 71.3 Å². The van der Waals surface area contributed by atoms with Gasteiger partial charge in [-0.1, -0.05) is 56.7 Å². The summed E-state index contributed by atoms with van der Waals surface area (Å²) in [5.74, 6) is -0.791. The van der Waals surface area contributed by atoms with Crippen LogP contribution < -0.4 is 9.47 Å². The van der Waals surface area contributed by atoms with E-state index < -0.39 is 11.9 Å². The lowest BCUT2D eigenvalue weighted by Crippen LogP contribution is -2.04. The van der Waals surface area contributed by atoms with Gasteiger partial charge in [0.05, 0.1) is 49.8 Å². The molecule has 0 aliphatic carbocycles. The van der Waals surface area contributed by atoms with Gasteiger partial charge in [0.15, 0.2) is 0 Å². The molecular weight excluding hydrogens is 572 g/mol. The van der Waals surface area contributed by atoms with E-state index in [4.69, 9.17) is 18.9 Å². The quantitative estimate of drug-likeness (QED) is 0.0964. The van der Waals surface area contributed by atoms with E-state index >= 15 is 0 Å². The predicted molar refractivity (Wildman–Crippen MR) is 173 cm³/mol. The van der Waals surface area contributed by atoms with E-state index in [2.05, 4.69) is 0 Å². The first-order valence-electron chi connectivity index (χ1n) is 16.2. The largest absolute Gasteiger partial charge is 0.494 e. The van der Waals surface area contributed by atoms with E-state index in [0.717, 1.165) is 81.3 Å². The van der Waals surface area contributed by atoms with Crippen LogP contribution in [0.1, 0.15) is 90.5 Å². The summed E-state index contributed by atoms with van der Waals surface area (Å²) < 4.78 is 22.5. The molecule has 2 atom stereocenters. The zero-order valence-corrected chi connectivity index (χ0v) is 26.1. The van der Waals surface area contributed by atoms with Crippen LogP contribution in [0.3, 0.4) is 0 Å². The summed E-state index contributed by atoms with van der Waals surface area (Å²) in [6.45, 7) is 4.85. The highest BCUT2D eigenvalue weighted by Gasteiger charge is 2.22. The Balaban J connectivity index is 1.24. The molecule has 3 aromatic carbocycles. The molecule has 0 bridgehead atoms. The van der Waals surface area contributed by atoms with Crippen molar-refractivity contribution in [2.45, 2.75) is 83.3 Å². The second-order valence-corrected chi connectivity index (χ2v) is 12.1. The first-order valence-corrected chi connectivity index (χ1v) is 16.2. The van der Waals surface area contributed by atoms with Crippen molar-refractivity contribution >= 4 is 11.9 Å². The molecule has 8 heteroatoms. The molecule has 2 fully saturated rings. The van der Waals surface area contributed by atoms with Crippen LogP contribution in [0.5, 0.6) is 11.5 Å². The molecule has 2 saturated heterocycles. The summed E-state index contributed by atoms with van der Waals surface area (Å²) in [5.41, 5.74) is 3.78. The van der Waals surface area contributed by atoms with Crippen molar-refractivity contribution in [3.8, 4) is 33.8 Å². The van der Waals surface area contributed by atoms with Gasteiger partial charge in [0.2, 0.25) is 0 Å². The Morgan fingerprint density at radius 3 is 1.62 bits per heavy atom. The van der Waals surface area contributed by atoms with Crippen LogP contribution in [-0.4, -0.2) is 60.8 Å². The molecule has 0 radical (unpaired) electrons. The van der Waals surface area contributed by atoms with E-state index in [9.17, 15) is 19.8 Å². The van der Waals surface area contributed by atoms with Gasteiger partial charge in [0, 0.05) is 5.56 Å². The minimum absolute atomic E-state index is 0.180. The summed E-state index contributed by atoms with van der Waals surface area (Å²) >= 11 is 0. The molecule has 8 nitrogen and oxygen atoms in total. The maximum atomic E-state index is 12.1. The van der Waals surface area contributed by atoms with E-state index in [-0.39, 0.29) is 11.1 Å². The van der Waals surface area contributed by atoms with Crippen LogP contribution in [0.25, 0.3) is 22.3 Å². The van der Waals surface area contributed by atoms with Crippen molar-refractivity contribution in [3.63, 3.8) is 0 Å². The minimum Gasteiger partial charge on any atom is -0.494 e. The smallest absolute Gasteiger partial charge is 0.336 e. The van der Waals surface area contributed by atoms with Crippen LogP contribution in [0.2, 0.25) is 0 Å². The molecule has 45 heavy (non-hydrogen) atoms. The second-order valence-electron chi connectivity index (χ2n) is 12.1. The van der Waals surface area contributed by atoms with E-state index in [1.54, 1.807) is 36.4 Å². The monoisotopic (exact) mass is 616 g/mol. The number of epoxide rings is 2. The van der Waals surface area contributed by atoms with Crippen LogP contribution in [-0.2, 0) is 9.47 Å². The number of carbonyl (C=O) groups is 2. The molecule has 2 aliphatic heterocycles. The Morgan fingerprint density at radius 2 is 1.13 bits per heavy atom. The maximum Gasteiger partial charge on any atom is 0.336 e. The highest BCUT2D eigenvalue weighted by molar-refractivity contribution is 5.98. The maximum absolute atomic E-state index is 12.1. The Kier molecular flexibility index (Phi) is 11.5. The summed E-state index contributed by atoms with van der Waals surface area (Å²) in [5, 5.41) is 19.8. The van der Waals surface area contributed by atoms with Gasteiger partial charge >= 0.3 is 11.9 Å². The molecular formula is C37H44O8. The van der Waals surface area contributed by atoms with Crippen LogP contribution >= 0.6 is 0 Å². The number of aromatic carboxylic acids is 2. The van der Waals surface area contributed by atoms with Crippen LogP contribution in [0.15, 0.2) is 54.6 Å². The molecule has 2 N–H and O–H groups in total. The van der Waals surface area contributed by atoms with Crippen molar-refractivity contribution in [2.75, 3.05) is 26.4 Å². The zero-order chi connectivity index (χ0) is 31.6. The van der Waals surface area contributed by atoms with Gasteiger partial charge in [-0.25, -0.2) is 9.59 Å². The number of aryl methyl sites for hydroxylation is 1. The van der Waals surface area contributed by atoms with Crippen LogP contribution in [0.4, 0.5) is 0 Å². The molecule has 2 heterocycles. The predicted octanol–water partition coefficient (Wildman–Crippen LogP) is 8.18. The van der Waals surface area contributed by atoms with Crippen molar-refractivity contribution in [1.82, 2.24) is 0 Å². The first kappa shape index (κ1) is 32.5. The Labute approximate surface area is 265 Å². The lowest BCUT2D eigenvalue weighted by Gasteiger charge is -2.15. The van der Waals surface area contributed by atoms with Gasteiger partial charge in [-0.2, -0.15) is 0 Å². The lowest BCUT2D eigenvalue weighted by molar-refractivity contribution is 0.0686. The number of hydrogen-bond acceptors (Lipinski definition) is 6. The second kappa shape index (κ2) is 15.9. The summed E-state index contributed by atoms with van der Waals surface area (Å²) in [7, 11) is 0. The van der Waals surface area contributed by atoms with Crippen LogP contribution in [0, 0.1) is 6.92 Å². The molecule has 0 saturated carbocycles. The number of carboxylic acid groups (broad SMARTS) is 2. The van der Waals surface area contributed by atoms with Crippen molar-refractivity contribution < 1.29 is 38.7 Å². The molecule has 240 valence electrons. The molecule has 5 rings (SSSR count). The first-order chi connectivity index (χ1) is 21.9. The third-order valence-corrected chi connectivity index (χ3v) is 8.45. The fourth-order valence-electron chi connectivity index (χ4n) is 5.70. The Morgan fingerprint density at radius 1 is 0.644 bits per heavy atom. The SMILES string of the molecule is Cc1cc(-c2cc(OCCCCCCC3CO3)ccc2C(=O)O)ccc1-c1cc(OCCCCCCC2CO2)ccc1C(=O)O. The van der Waals surface area contributed by atoms with E-state index in [1.807, 2.05) is 25.1 Å². The zero-order valence-electron chi connectivity index (χ0n) is 26.1. The summed E-state index contributed by atoms with van der Waals surface area (Å²) in [4.78, 5) is 24.2. The standard InChI is InChI=1S/C37H44O8/c1-25-20-26(34-21-27(13-16-32(34)36(38)39)42-18-8-4-2-6-10-29-23-44-29)12-15-31(25)35-22-28(14-17-33(35)37(40)41)43-19-9-5-3-7-11-30-24-45-30/h12-17,20-22,29-30H,2-11,18-19,23-24H2,1H3,(H,38,39)(H,40,41). The van der Waals surface area contributed by atoms with Gasteiger partial charge in [0.25, 0.3) is 0 Å². The average Bonchev–Trinajstić information content (AvgIpc) is 3.96. The fraction of sp³-hybridized carbons (Fsp3) is 0.459. The molecule has 2 unspecified atom stereocenters. The molecule has 0 aromatic heterocycles. The van der Waals surface area contributed by atoms with Gasteiger partial charge < -0.3 is 29.2 Å². The number of hydrogen-bond donors (Lipinski definition) is 2. The molecule has 0 amide bonds. The topological polar surface area (TPSA) is 118 Å². The third-order valence-electron chi connectivity index (χ3n) is 8.45. The number of unbranched alkanes of at least 4 members (excludes halogenated alkanes) is 6.